The quantitative estimate of drug-likeness (QED) is 0.599. The maximum atomic E-state index is 12.0. The zero-order valence-electron chi connectivity index (χ0n) is 14.8. The van der Waals surface area contributed by atoms with E-state index < -0.39 is 5.69 Å². The largest absolute Gasteiger partial charge is 0.496 e. The molecule has 7 nitrogen and oxygen atoms in total. The molecule has 0 fully saturated rings. The first-order valence-electron chi connectivity index (χ1n) is 8.31. The first-order valence-corrected chi connectivity index (χ1v) is 8.31. The van der Waals surface area contributed by atoms with Crippen LogP contribution in [0.4, 0.5) is 0 Å². The maximum Gasteiger partial charge on any atom is 0.345 e. The summed E-state index contributed by atoms with van der Waals surface area (Å²) in [4.78, 5) is 23.4. The van der Waals surface area contributed by atoms with Crippen LogP contribution in [-0.4, -0.2) is 27.2 Å². The number of ether oxygens (including phenoxy) is 1. The Morgan fingerprint density at radius 3 is 2.52 bits per heavy atom. The van der Waals surface area contributed by atoms with E-state index in [9.17, 15) is 4.79 Å². The van der Waals surface area contributed by atoms with E-state index in [-0.39, 0.29) is 5.89 Å². The minimum atomic E-state index is -0.458. The Balaban J connectivity index is 1.92. The number of hydrogen-bond acceptors (Lipinski definition) is 6. The van der Waals surface area contributed by atoms with Gasteiger partial charge in [-0.3, -0.25) is 0 Å². The lowest BCUT2D eigenvalue weighted by atomic mass is 10.0. The van der Waals surface area contributed by atoms with E-state index in [1.54, 1.807) is 20.1 Å². The van der Waals surface area contributed by atoms with Crippen molar-refractivity contribution in [2.75, 3.05) is 7.11 Å². The number of methoxy groups -OCH3 is 1. The van der Waals surface area contributed by atoms with Crippen LogP contribution >= 0.6 is 0 Å². The molecule has 7 heteroatoms. The predicted molar refractivity (Wildman–Crippen MR) is 100 cm³/mol. The molecular weight excluding hydrogens is 344 g/mol. The van der Waals surface area contributed by atoms with Crippen molar-refractivity contribution in [2.45, 2.75) is 6.92 Å². The first-order chi connectivity index (χ1) is 13.2. The molecule has 0 bridgehead atoms. The summed E-state index contributed by atoms with van der Waals surface area (Å²) >= 11 is 0. The van der Waals surface area contributed by atoms with Crippen molar-refractivity contribution in [3.63, 3.8) is 0 Å². The highest BCUT2D eigenvalue weighted by Gasteiger charge is 2.22. The van der Waals surface area contributed by atoms with Crippen LogP contribution in [0.1, 0.15) is 5.69 Å². The lowest BCUT2D eigenvalue weighted by Gasteiger charge is -2.11. The van der Waals surface area contributed by atoms with Crippen LogP contribution in [0.5, 0.6) is 5.75 Å². The Bertz CT molecular complexity index is 1150. The van der Waals surface area contributed by atoms with Gasteiger partial charge in [-0.1, -0.05) is 47.6 Å². The van der Waals surface area contributed by atoms with Crippen LogP contribution in [0.3, 0.4) is 0 Å². The second kappa shape index (κ2) is 6.87. The summed E-state index contributed by atoms with van der Waals surface area (Å²) in [7, 11) is 1.57. The van der Waals surface area contributed by atoms with Gasteiger partial charge in [-0.05, 0) is 19.1 Å². The van der Waals surface area contributed by atoms with Crippen LogP contribution in [0, 0.1) is 6.92 Å². The second-order valence-corrected chi connectivity index (χ2v) is 5.88. The van der Waals surface area contributed by atoms with Crippen LogP contribution in [0.15, 0.2) is 63.9 Å². The summed E-state index contributed by atoms with van der Waals surface area (Å²) in [6.45, 7) is 1.77. The monoisotopic (exact) mass is 360 g/mol. The molecule has 4 rings (SSSR count). The standard InChI is InChI=1S/C20H16N4O3/c1-12-16(19-23-18(24-27-19)13-8-4-3-5-9-13)17(22-20(25)21-12)14-10-6-7-11-15(14)26-2/h3-11H,1-2H3,(H,21,22,25). The van der Waals surface area contributed by atoms with Gasteiger partial charge in [-0.25, -0.2) is 4.79 Å². The van der Waals surface area contributed by atoms with E-state index in [4.69, 9.17) is 9.26 Å². The van der Waals surface area contributed by atoms with Gasteiger partial charge in [0.15, 0.2) is 0 Å². The van der Waals surface area contributed by atoms with Crippen molar-refractivity contribution >= 4 is 0 Å². The molecule has 27 heavy (non-hydrogen) atoms. The highest BCUT2D eigenvalue weighted by molar-refractivity contribution is 5.81. The summed E-state index contributed by atoms with van der Waals surface area (Å²) < 4.78 is 10.9. The van der Waals surface area contributed by atoms with Gasteiger partial charge in [-0.2, -0.15) is 9.97 Å². The van der Waals surface area contributed by atoms with Gasteiger partial charge in [-0.15, -0.1) is 0 Å². The first kappa shape index (κ1) is 16.7. The highest BCUT2D eigenvalue weighted by atomic mass is 16.5. The van der Waals surface area contributed by atoms with Crippen LogP contribution < -0.4 is 10.4 Å². The van der Waals surface area contributed by atoms with Crippen molar-refractivity contribution in [3.05, 3.63) is 70.8 Å². The van der Waals surface area contributed by atoms with Crippen LogP contribution in [0.2, 0.25) is 0 Å². The zero-order valence-corrected chi connectivity index (χ0v) is 14.8. The summed E-state index contributed by atoms with van der Waals surface area (Å²) in [5.41, 5.74) is 2.62. The van der Waals surface area contributed by atoms with E-state index in [0.29, 0.717) is 34.1 Å². The van der Waals surface area contributed by atoms with Crippen LogP contribution in [-0.2, 0) is 0 Å². The Hall–Kier alpha value is -3.74. The zero-order chi connectivity index (χ0) is 18.8. The van der Waals surface area contributed by atoms with Gasteiger partial charge in [0, 0.05) is 16.8 Å². The van der Waals surface area contributed by atoms with Gasteiger partial charge in [0.1, 0.15) is 5.75 Å². The summed E-state index contributed by atoms with van der Waals surface area (Å²) in [6.07, 6.45) is 0. The number of hydrogen-bond donors (Lipinski definition) is 1. The summed E-state index contributed by atoms with van der Waals surface area (Å²) in [6, 6.07) is 16.8. The number of aryl methyl sites for hydroxylation is 1. The highest BCUT2D eigenvalue weighted by Crippen LogP contribution is 2.36. The molecule has 1 N–H and O–H groups in total. The minimum absolute atomic E-state index is 0.274. The molecule has 0 saturated heterocycles. The van der Waals surface area contributed by atoms with Crippen molar-refractivity contribution in [1.29, 1.82) is 0 Å². The fraction of sp³-hybridized carbons (Fsp3) is 0.100. The lowest BCUT2D eigenvalue weighted by molar-refractivity contribution is 0.416. The number of para-hydroxylation sites is 1. The topological polar surface area (TPSA) is 93.9 Å². The molecular formula is C20H16N4O3. The lowest BCUT2D eigenvalue weighted by Crippen LogP contribution is -2.14. The molecule has 0 saturated carbocycles. The SMILES string of the molecule is COc1ccccc1-c1nc(=O)[nH]c(C)c1-c1nc(-c2ccccc2)no1. The Morgan fingerprint density at radius 1 is 1.00 bits per heavy atom. The molecule has 0 atom stereocenters. The molecule has 0 aliphatic rings. The van der Waals surface area contributed by atoms with Gasteiger partial charge in [0.25, 0.3) is 5.89 Å². The third-order valence-electron chi connectivity index (χ3n) is 4.15. The van der Waals surface area contributed by atoms with Gasteiger partial charge < -0.3 is 14.2 Å². The van der Waals surface area contributed by atoms with Crippen molar-refractivity contribution < 1.29 is 9.26 Å². The average Bonchev–Trinajstić information content (AvgIpc) is 3.17. The van der Waals surface area contributed by atoms with Gasteiger partial charge in [0.05, 0.1) is 18.4 Å². The Morgan fingerprint density at radius 2 is 1.74 bits per heavy atom. The summed E-state index contributed by atoms with van der Waals surface area (Å²) in [5, 5.41) is 4.07. The fourth-order valence-corrected chi connectivity index (χ4v) is 2.91. The third-order valence-corrected chi connectivity index (χ3v) is 4.15. The number of H-pyrrole nitrogens is 1. The number of nitrogens with one attached hydrogen (secondary N) is 1. The maximum absolute atomic E-state index is 12.0. The van der Waals surface area contributed by atoms with Gasteiger partial charge >= 0.3 is 5.69 Å². The molecule has 134 valence electrons. The van der Waals surface area contributed by atoms with E-state index >= 15 is 0 Å². The van der Waals surface area contributed by atoms with Crippen LogP contribution in [0.25, 0.3) is 34.1 Å². The van der Waals surface area contributed by atoms with Gasteiger partial charge in [0.2, 0.25) is 5.82 Å². The minimum Gasteiger partial charge on any atom is -0.496 e. The molecule has 0 unspecified atom stereocenters. The predicted octanol–water partition coefficient (Wildman–Crippen LogP) is 3.47. The number of aromatic nitrogens is 4. The molecule has 4 aromatic rings. The van der Waals surface area contributed by atoms with E-state index in [1.807, 2.05) is 48.5 Å². The molecule has 2 aromatic heterocycles. The second-order valence-electron chi connectivity index (χ2n) is 5.88. The Kier molecular flexibility index (Phi) is 4.25. The Labute approximate surface area is 154 Å². The van der Waals surface area contributed by atoms with Crippen molar-refractivity contribution in [3.8, 4) is 39.8 Å². The number of aromatic amines is 1. The number of nitrogens with zero attached hydrogens (tertiary/aromatic N) is 3. The molecule has 0 aliphatic heterocycles. The van der Waals surface area contributed by atoms with Crippen molar-refractivity contribution in [1.82, 2.24) is 20.1 Å². The van der Waals surface area contributed by atoms with E-state index in [0.717, 1.165) is 5.56 Å². The number of benzene rings is 2. The smallest absolute Gasteiger partial charge is 0.345 e. The third kappa shape index (κ3) is 3.10. The summed E-state index contributed by atoms with van der Waals surface area (Å²) in [5.74, 6) is 1.33. The van der Waals surface area contributed by atoms with Crippen molar-refractivity contribution in [2.24, 2.45) is 0 Å². The fourth-order valence-electron chi connectivity index (χ4n) is 2.91. The molecule has 0 amide bonds. The molecule has 0 radical (unpaired) electrons. The van der Waals surface area contributed by atoms with E-state index in [2.05, 4.69) is 20.1 Å². The average molecular weight is 360 g/mol. The molecule has 2 aromatic carbocycles. The number of rotatable bonds is 4. The van der Waals surface area contributed by atoms with E-state index in [1.165, 1.54) is 0 Å². The molecule has 2 heterocycles. The molecule has 0 spiro atoms. The normalized spacial score (nSPS) is 10.7. The molecule has 0 aliphatic carbocycles.